The average Bonchev–Trinajstić information content (AvgIpc) is 3.17. The van der Waals surface area contributed by atoms with Crippen LogP contribution in [0.5, 0.6) is 0 Å². The van der Waals surface area contributed by atoms with E-state index in [1.54, 1.807) is 48.5 Å². The Bertz CT molecular complexity index is 1140. The first-order valence-electron chi connectivity index (χ1n) is 20.3. The molecule has 0 radical (unpaired) electrons. The van der Waals surface area contributed by atoms with Crippen molar-refractivity contribution in [2.24, 2.45) is 0 Å². The van der Waals surface area contributed by atoms with E-state index < -0.39 is 0 Å². The minimum atomic E-state index is -0.367. The Morgan fingerprint density at radius 2 is 0.481 bits per heavy atom. The molecule has 0 heterocycles. The summed E-state index contributed by atoms with van der Waals surface area (Å²) in [6.07, 6.45) is 24.3. The van der Waals surface area contributed by atoms with E-state index in [1.165, 1.54) is 64.2 Å². The second-order valence-electron chi connectivity index (χ2n) is 13.8. The lowest BCUT2D eigenvalue weighted by Crippen LogP contribution is -2.09. The molecule has 8 heteroatoms. The number of hydrogen-bond donors (Lipinski definition) is 0. The number of carbonyl (C=O) groups excluding carboxylic acids is 4. The lowest BCUT2D eigenvalue weighted by atomic mass is 10.1. The van der Waals surface area contributed by atoms with Gasteiger partial charge in [-0.3, -0.25) is 0 Å². The quantitative estimate of drug-likeness (QED) is 0.0430. The van der Waals surface area contributed by atoms with Gasteiger partial charge in [0.2, 0.25) is 0 Å². The summed E-state index contributed by atoms with van der Waals surface area (Å²) in [4.78, 5) is 49.2. The van der Waals surface area contributed by atoms with Crippen molar-refractivity contribution in [2.75, 3.05) is 26.4 Å². The van der Waals surface area contributed by atoms with Crippen molar-refractivity contribution in [1.82, 2.24) is 0 Å². The standard InChI is InChI=1S/C44H66O8/c1-3-5-7-9-17-21-33-49-41(45)37-25-29-39(30-26-37)43(47)51-35-23-19-15-13-11-12-14-16-20-24-36-52-44(48)40-31-27-38(28-32-40)42(46)50-34-22-18-10-8-6-4-2/h25-32H,3-24,33-36H2,1-2H3. The number of esters is 4. The summed E-state index contributed by atoms with van der Waals surface area (Å²) in [5.41, 5.74) is 1.77. The van der Waals surface area contributed by atoms with Crippen LogP contribution < -0.4 is 0 Å². The normalized spacial score (nSPS) is 10.9. The van der Waals surface area contributed by atoms with Crippen LogP contribution >= 0.6 is 0 Å². The van der Waals surface area contributed by atoms with Gasteiger partial charge in [-0.05, 0) is 74.2 Å². The third-order valence-electron chi connectivity index (χ3n) is 9.18. The molecule has 0 N–H and O–H groups in total. The Labute approximate surface area is 313 Å². The Balaban J connectivity index is 1.40. The fraction of sp³-hybridized carbons (Fsp3) is 0.636. The van der Waals surface area contributed by atoms with Crippen molar-refractivity contribution in [3.8, 4) is 0 Å². The van der Waals surface area contributed by atoms with Gasteiger partial charge in [0.25, 0.3) is 0 Å². The van der Waals surface area contributed by atoms with Gasteiger partial charge in [0.15, 0.2) is 0 Å². The number of carbonyl (C=O) groups is 4. The van der Waals surface area contributed by atoms with Crippen LogP contribution in [0.25, 0.3) is 0 Å². The van der Waals surface area contributed by atoms with Gasteiger partial charge in [0.05, 0.1) is 48.7 Å². The topological polar surface area (TPSA) is 105 Å². The lowest BCUT2D eigenvalue weighted by Gasteiger charge is -2.07. The molecular formula is C44H66O8. The average molecular weight is 723 g/mol. The van der Waals surface area contributed by atoms with Gasteiger partial charge in [0.1, 0.15) is 0 Å². The molecular weight excluding hydrogens is 656 g/mol. The molecule has 0 aliphatic rings. The molecule has 0 saturated carbocycles. The predicted molar refractivity (Wildman–Crippen MR) is 207 cm³/mol. The zero-order valence-electron chi connectivity index (χ0n) is 32.3. The highest BCUT2D eigenvalue weighted by Gasteiger charge is 2.12. The molecule has 8 nitrogen and oxygen atoms in total. The van der Waals surface area contributed by atoms with E-state index in [2.05, 4.69) is 13.8 Å². The van der Waals surface area contributed by atoms with Crippen LogP contribution in [0, 0.1) is 0 Å². The van der Waals surface area contributed by atoms with Gasteiger partial charge < -0.3 is 18.9 Å². The molecule has 0 amide bonds. The molecule has 0 aliphatic heterocycles. The minimum absolute atomic E-state index is 0.355. The Morgan fingerprint density at radius 3 is 0.673 bits per heavy atom. The van der Waals surface area contributed by atoms with Crippen molar-refractivity contribution >= 4 is 23.9 Å². The van der Waals surface area contributed by atoms with Crippen LogP contribution in [0.15, 0.2) is 48.5 Å². The summed E-state index contributed by atoms with van der Waals surface area (Å²) in [6.45, 7) is 6.02. The molecule has 2 aromatic carbocycles. The number of hydrogen-bond acceptors (Lipinski definition) is 8. The van der Waals surface area contributed by atoms with Crippen LogP contribution in [0.1, 0.15) is 197 Å². The first-order valence-corrected chi connectivity index (χ1v) is 20.3. The fourth-order valence-corrected chi connectivity index (χ4v) is 5.86. The summed E-state index contributed by atoms with van der Waals surface area (Å²) in [5, 5.41) is 0. The molecule has 0 bridgehead atoms. The van der Waals surface area contributed by atoms with Crippen molar-refractivity contribution in [2.45, 2.75) is 155 Å². The second-order valence-corrected chi connectivity index (χ2v) is 13.8. The van der Waals surface area contributed by atoms with E-state index in [0.29, 0.717) is 48.7 Å². The summed E-state index contributed by atoms with van der Waals surface area (Å²) in [5.74, 6) is -1.45. The van der Waals surface area contributed by atoms with Gasteiger partial charge >= 0.3 is 23.9 Å². The van der Waals surface area contributed by atoms with Crippen molar-refractivity contribution in [1.29, 1.82) is 0 Å². The molecule has 0 atom stereocenters. The summed E-state index contributed by atoms with van der Waals surface area (Å²) >= 11 is 0. The highest BCUT2D eigenvalue weighted by Crippen LogP contribution is 2.14. The summed E-state index contributed by atoms with van der Waals surface area (Å²) in [6, 6.07) is 13.0. The molecule has 0 aromatic heterocycles. The monoisotopic (exact) mass is 722 g/mol. The van der Waals surface area contributed by atoms with E-state index in [0.717, 1.165) is 77.0 Å². The van der Waals surface area contributed by atoms with Gasteiger partial charge in [-0.15, -0.1) is 0 Å². The maximum Gasteiger partial charge on any atom is 0.338 e. The van der Waals surface area contributed by atoms with Gasteiger partial charge in [0, 0.05) is 0 Å². The molecule has 0 saturated heterocycles. The predicted octanol–water partition coefficient (Wildman–Crippen LogP) is 11.6. The zero-order valence-corrected chi connectivity index (χ0v) is 32.3. The number of unbranched alkanes of at least 4 members (excludes halogenated alkanes) is 19. The Morgan fingerprint density at radius 1 is 0.308 bits per heavy atom. The second kappa shape index (κ2) is 29.9. The van der Waals surface area contributed by atoms with Crippen LogP contribution in [0.4, 0.5) is 0 Å². The van der Waals surface area contributed by atoms with Crippen molar-refractivity contribution in [3.63, 3.8) is 0 Å². The van der Waals surface area contributed by atoms with Crippen molar-refractivity contribution < 1.29 is 38.1 Å². The molecule has 0 aliphatic carbocycles. The molecule has 0 unspecified atom stereocenters. The van der Waals surface area contributed by atoms with Gasteiger partial charge in [-0.2, -0.15) is 0 Å². The van der Waals surface area contributed by atoms with E-state index >= 15 is 0 Å². The fourth-order valence-electron chi connectivity index (χ4n) is 5.86. The molecule has 2 aromatic rings. The SMILES string of the molecule is CCCCCCCCOC(=O)c1ccc(C(=O)OCCCCCCCCCCCCOC(=O)c2ccc(C(=O)OCCCCCCCC)cc2)cc1. The van der Waals surface area contributed by atoms with E-state index in [4.69, 9.17) is 18.9 Å². The summed E-state index contributed by atoms with van der Waals surface area (Å²) in [7, 11) is 0. The molecule has 0 spiro atoms. The Hall–Kier alpha value is -3.68. The third-order valence-corrected chi connectivity index (χ3v) is 9.18. The molecule has 0 fully saturated rings. The van der Waals surface area contributed by atoms with Crippen LogP contribution in [-0.2, 0) is 18.9 Å². The van der Waals surface area contributed by atoms with Gasteiger partial charge in [-0.1, -0.05) is 129 Å². The number of rotatable bonds is 31. The highest BCUT2D eigenvalue weighted by atomic mass is 16.5. The molecule has 2 rings (SSSR count). The third kappa shape index (κ3) is 21.0. The van der Waals surface area contributed by atoms with E-state index in [-0.39, 0.29) is 23.9 Å². The maximum absolute atomic E-state index is 12.4. The molecule has 52 heavy (non-hydrogen) atoms. The number of ether oxygens (including phenoxy) is 4. The number of benzene rings is 2. The first-order chi connectivity index (χ1) is 25.5. The Kier molecular flexibility index (Phi) is 25.5. The minimum Gasteiger partial charge on any atom is -0.462 e. The molecule has 290 valence electrons. The van der Waals surface area contributed by atoms with Crippen LogP contribution in [0.3, 0.4) is 0 Å². The van der Waals surface area contributed by atoms with Gasteiger partial charge in [-0.25, -0.2) is 19.2 Å². The lowest BCUT2D eigenvalue weighted by molar-refractivity contribution is 0.0483. The zero-order chi connectivity index (χ0) is 37.5. The van der Waals surface area contributed by atoms with Crippen LogP contribution in [0.2, 0.25) is 0 Å². The first kappa shape index (κ1) is 44.5. The maximum atomic E-state index is 12.4. The summed E-state index contributed by atoms with van der Waals surface area (Å²) < 4.78 is 21.5. The van der Waals surface area contributed by atoms with Crippen LogP contribution in [-0.4, -0.2) is 50.3 Å². The van der Waals surface area contributed by atoms with Crippen molar-refractivity contribution in [3.05, 3.63) is 70.8 Å². The smallest absolute Gasteiger partial charge is 0.338 e. The van der Waals surface area contributed by atoms with E-state index in [9.17, 15) is 19.2 Å². The highest BCUT2D eigenvalue weighted by molar-refractivity contribution is 5.94. The largest absolute Gasteiger partial charge is 0.462 e. The van der Waals surface area contributed by atoms with E-state index in [1.807, 2.05) is 0 Å².